The van der Waals surface area contributed by atoms with Crippen molar-refractivity contribution in [2.75, 3.05) is 13.2 Å². The predicted octanol–water partition coefficient (Wildman–Crippen LogP) is 12.4. The zero-order valence-electron chi connectivity index (χ0n) is 42.7. The average Bonchev–Trinajstić information content (AvgIpc) is 3.31. The number of phosphoric ester groups is 1. The van der Waals surface area contributed by atoms with E-state index in [-0.39, 0.29) is 12.8 Å². The highest BCUT2D eigenvalue weighted by atomic mass is 31.2. The van der Waals surface area contributed by atoms with Crippen LogP contribution in [0.15, 0.2) is 0 Å². The van der Waals surface area contributed by atoms with Crippen LogP contribution >= 0.6 is 7.82 Å². The first-order valence-electron chi connectivity index (χ1n) is 27.8. The molecular formula is C53H103O13P. The minimum absolute atomic E-state index is 0.106. The van der Waals surface area contributed by atoms with E-state index in [4.69, 9.17) is 18.5 Å². The summed E-state index contributed by atoms with van der Waals surface area (Å²) in [6.07, 6.45) is 34.3. The molecule has 0 aromatic carbocycles. The van der Waals surface area contributed by atoms with Gasteiger partial charge in [-0.05, 0) is 12.8 Å². The molecule has 6 N–H and O–H groups in total. The van der Waals surface area contributed by atoms with Gasteiger partial charge < -0.3 is 39.9 Å². The van der Waals surface area contributed by atoms with Gasteiger partial charge in [0.05, 0.1) is 6.61 Å². The fourth-order valence-electron chi connectivity index (χ4n) is 9.00. The zero-order chi connectivity index (χ0) is 49.2. The number of hydrogen-bond donors (Lipinski definition) is 6. The van der Waals surface area contributed by atoms with Crippen LogP contribution in [-0.4, -0.2) is 98.3 Å². The number of carbonyl (C=O) groups excluding carboxylic acids is 2. The van der Waals surface area contributed by atoms with Gasteiger partial charge in [-0.1, -0.05) is 245 Å². The molecule has 8 atom stereocenters. The van der Waals surface area contributed by atoms with Crippen LogP contribution in [0.3, 0.4) is 0 Å². The minimum atomic E-state index is -5.12. The molecule has 1 fully saturated rings. The number of aliphatic hydroxyl groups excluding tert-OH is 5. The largest absolute Gasteiger partial charge is 0.472 e. The Morgan fingerprint density at radius 2 is 0.672 bits per heavy atom. The second-order valence-corrected chi connectivity index (χ2v) is 21.2. The van der Waals surface area contributed by atoms with Gasteiger partial charge in [-0.3, -0.25) is 18.6 Å². The molecule has 0 spiro atoms. The van der Waals surface area contributed by atoms with E-state index < -0.39 is 75.7 Å². The fourth-order valence-corrected chi connectivity index (χ4v) is 9.97. The van der Waals surface area contributed by atoms with Crippen LogP contribution < -0.4 is 0 Å². The third-order valence-corrected chi connectivity index (χ3v) is 14.4. The highest BCUT2D eigenvalue weighted by Crippen LogP contribution is 2.47. The number of ether oxygens (including phenoxy) is 2. The molecule has 0 aromatic heterocycles. The number of rotatable bonds is 48. The van der Waals surface area contributed by atoms with Crippen LogP contribution in [0.25, 0.3) is 0 Å². The van der Waals surface area contributed by atoms with Crippen molar-refractivity contribution < 1.29 is 63.1 Å². The lowest BCUT2D eigenvalue weighted by atomic mass is 9.85. The molecule has 1 aliphatic rings. The van der Waals surface area contributed by atoms with Crippen LogP contribution in [0.4, 0.5) is 0 Å². The molecule has 0 aliphatic heterocycles. The van der Waals surface area contributed by atoms with Gasteiger partial charge in [0.15, 0.2) is 6.10 Å². The summed E-state index contributed by atoms with van der Waals surface area (Å²) < 4.78 is 33.7. The predicted molar refractivity (Wildman–Crippen MR) is 268 cm³/mol. The SMILES string of the molecule is CCCCCCCCCCCCCCCCCCCCCC(=O)OC[C@@H](COP(=O)(O)OC1C(O)C(O)C(O)[C@H](O)C1O)OC(=O)CCCCCCCCCCCCCCCCCCCCC. The summed E-state index contributed by atoms with van der Waals surface area (Å²) in [6.45, 7) is 3.37. The summed E-state index contributed by atoms with van der Waals surface area (Å²) >= 11 is 0. The molecule has 14 heteroatoms. The standard InChI is InChI=1S/C53H103O13P/c1-3-5-7-9-11-13-15-17-19-21-23-25-27-29-31-33-35-37-39-41-46(54)63-43-45(44-64-67(61,62)66-53-51(59)49(57)48(56)50(58)52(53)60)65-47(55)42-40-38-36-34-32-30-28-26-24-22-20-18-16-14-12-10-8-6-4-2/h45,48-53,56-60H,3-44H2,1-2H3,(H,61,62)/t45-,48?,49-,50?,51?,52?,53?/m0/s1. The Kier molecular flexibility index (Phi) is 41.6. The highest BCUT2D eigenvalue weighted by molar-refractivity contribution is 7.47. The molecule has 13 nitrogen and oxygen atoms in total. The van der Waals surface area contributed by atoms with Crippen molar-refractivity contribution in [2.45, 2.75) is 313 Å². The smallest absolute Gasteiger partial charge is 0.462 e. The second-order valence-electron chi connectivity index (χ2n) is 19.8. The van der Waals surface area contributed by atoms with Gasteiger partial charge in [-0.15, -0.1) is 0 Å². The summed E-state index contributed by atoms with van der Waals surface area (Å²) in [4.78, 5) is 35.9. The molecule has 398 valence electrons. The quantitative estimate of drug-likeness (QED) is 0.0191. The van der Waals surface area contributed by atoms with Crippen molar-refractivity contribution in [1.29, 1.82) is 0 Å². The second kappa shape index (κ2) is 43.6. The number of hydrogen-bond acceptors (Lipinski definition) is 12. The van der Waals surface area contributed by atoms with E-state index in [1.165, 1.54) is 193 Å². The molecule has 0 saturated heterocycles. The van der Waals surface area contributed by atoms with Gasteiger partial charge in [0.25, 0.3) is 0 Å². The minimum Gasteiger partial charge on any atom is -0.462 e. The van der Waals surface area contributed by atoms with E-state index in [2.05, 4.69) is 13.8 Å². The van der Waals surface area contributed by atoms with Crippen molar-refractivity contribution in [3.63, 3.8) is 0 Å². The van der Waals surface area contributed by atoms with E-state index in [1.807, 2.05) is 0 Å². The van der Waals surface area contributed by atoms with Crippen molar-refractivity contribution in [1.82, 2.24) is 0 Å². The summed E-state index contributed by atoms with van der Waals surface area (Å²) in [5.74, 6) is -1.08. The van der Waals surface area contributed by atoms with Crippen molar-refractivity contribution >= 4 is 19.8 Å². The first kappa shape index (κ1) is 63.9. The Bertz CT molecular complexity index is 1180. The molecule has 0 radical (unpaired) electrons. The molecule has 0 aromatic rings. The van der Waals surface area contributed by atoms with Crippen molar-refractivity contribution in [3.8, 4) is 0 Å². The molecule has 1 aliphatic carbocycles. The third-order valence-electron chi connectivity index (χ3n) is 13.4. The maximum atomic E-state index is 12.9. The first-order chi connectivity index (χ1) is 32.4. The molecule has 1 saturated carbocycles. The summed E-state index contributed by atoms with van der Waals surface area (Å²) in [7, 11) is -5.12. The van der Waals surface area contributed by atoms with Crippen LogP contribution in [0.1, 0.15) is 271 Å². The Balaban J connectivity index is 2.34. The van der Waals surface area contributed by atoms with E-state index >= 15 is 0 Å². The van der Waals surface area contributed by atoms with Gasteiger partial charge in [-0.2, -0.15) is 0 Å². The maximum absolute atomic E-state index is 12.9. The average molecular weight is 979 g/mol. The van der Waals surface area contributed by atoms with Crippen LogP contribution in [-0.2, 0) is 32.7 Å². The first-order valence-corrected chi connectivity index (χ1v) is 29.3. The lowest BCUT2D eigenvalue weighted by molar-refractivity contribution is -0.220. The summed E-state index contributed by atoms with van der Waals surface area (Å²) in [6, 6.07) is 0. The molecule has 1 rings (SSSR count). The highest BCUT2D eigenvalue weighted by Gasteiger charge is 2.51. The van der Waals surface area contributed by atoms with Crippen LogP contribution in [0.5, 0.6) is 0 Å². The summed E-state index contributed by atoms with van der Waals surface area (Å²) in [5.41, 5.74) is 0. The third kappa shape index (κ3) is 35.6. The Morgan fingerprint density at radius 3 is 0.985 bits per heavy atom. The van der Waals surface area contributed by atoms with Crippen LogP contribution in [0.2, 0.25) is 0 Å². The maximum Gasteiger partial charge on any atom is 0.472 e. The van der Waals surface area contributed by atoms with E-state index in [9.17, 15) is 44.6 Å². The van der Waals surface area contributed by atoms with Gasteiger partial charge in [0.1, 0.15) is 43.2 Å². The number of phosphoric acid groups is 1. The normalized spacial score (nSPS) is 21.0. The Morgan fingerprint density at radius 1 is 0.403 bits per heavy atom. The monoisotopic (exact) mass is 979 g/mol. The number of carbonyl (C=O) groups is 2. The Labute approximate surface area is 408 Å². The van der Waals surface area contributed by atoms with Gasteiger partial charge in [0, 0.05) is 12.8 Å². The van der Waals surface area contributed by atoms with Gasteiger partial charge >= 0.3 is 19.8 Å². The molecule has 0 amide bonds. The van der Waals surface area contributed by atoms with E-state index in [0.29, 0.717) is 12.8 Å². The molecule has 0 bridgehead atoms. The topological polar surface area (TPSA) is 210 Å². The van der Waals surface area contributed by atoms with Gasteiger partial charge in [0.2, 0.25) is 0 Å². The zero-order valence-corrected chi connectivity index (χ0v) is 43.6. The number of esters is 2. The van der Waals surface area contributed by atoms with E-state index in [0.717, 1.165) is 38.5 Å². The van der Waals surface area contributed by atoms with E-state index in [1.54, 1.807) is 0 Å². The van der Waals surface area contributed by atoms with Gasteiger partial charge in [-0.25, -0.2) is 4.57 Å². The lowest BCUT2D eigenvalue weighted by Gasteiger charge is -2.41. The number of unbranched alkanes of at least 4 members (excludes halogenated alkanes) is 36. The Hall–Kier alpha value is -1.15. The lowest BCUT2D eigenvalue weighted by Crippen LogP contribution is -2.64. The molecular weight excluding hydrogens is 876 g/mol. The van der Waals surface area contributed by atoms with Crippen LogP contribution in [0, 0.1) is 0 Å². The molecule has 6 unspecified atom stereocenters. The summed E-state index contributed by atoms with van der Waals surface area (Å²) in [5, 5.41) is 50.3. The van der Waals surface area contributed by atoms with Crippen molar-refractivity contribution in [3.05, 3.63) is 0 Å². The fraction of sp³-hybridized carbons (Fsp3) is 0.962. The molecule has 67 heavy (non-hydrogen) atoms. The van der Waals surface area contributed by atoms with Crippen molar-refractivity contribution in [2.24, 2.45) is 0 Å². The molecule has 0 heterocycles. The number of aliphatic hydroxyl groups is 5.